The largest absolute Gasteiger partial charge is 0.397 e. The van der Waals surface area contributed by atoms with Gasteiger partial charge in [0, 0.05) is 26.2 Å². The third kappa shape index (κ3) is 2.73. The van der Waals surface area contributed by atoms with Crippen LogP contribution in [0.5, 0.6) is 0 Å². The summed E-state index contributed by atoms with van der Waals surface area (Å²) in [6.45, 7) is 3.36. The summed E-state index contributed by atoms with van der Waals surface area (Å²) in [6, 6.07) is 7.95. The number of anilines is 2. The number of benzene rings is 1. The van der Waals surface area contributed by atoms with Crippen LogP contribution in [0, 0.1) is 0 Å². The smallest absolute Gasteiger partial charge is 0.235 e. The molecule has 2 saturated heterocycles. The van der Waals surface area contributed by atoms with Gasteiger partial charge in [-0.15, -0.1) is 11.8 Å². The van der Waals surface area contributed by atoms with Gasteiger partial charge in [-0.1, -0.05) is 12.1 Å². The zero-order chi connectivity index (χ0) is 13.9. The summed E-state index contributed by atoms with van der Waals surface area (Å²) in [5.74, 6) is 1.48. The fourth-order valence-corrected chi connectivity index (χ4v) is 4.16. The van der Waals surface area contributed by atoms with E-state index in [2.05, 4.69) is 11.0 Å². The second kappa shape index (κ2) is 5.95. The van der Waals surface area contributed by atoms with Gasteiger partial charge in [0.05, 0.1) is 16.6 Å². The Labute approximate surface area is 124 Å². The summed E-state index contributed by atoms with van der Waals surface area (Å²) in [4.78, 5) is 16.7. The number of nitrogens with zero attached hydrogens (tertiary/aromatic N) is 2. The normalized spacial score (nSPS) is 23.1. The van der Waals surface area contributed by atoms with Crippen LogP contribution in [0.15, 0.2) is 24.3 Å². The number of piperazine rings is 1. The van der Waals surface area contributed by atoms with Crippen molar-refractivity contribution in [3.8, 4) is 0 Å². The molecule has 4 nitrogen and oxygen atoms in total. The Morgan fingerprint density at radius 3 is 2.60 bits per heavy atom. The maximum atomic E-state index is 12.4. The number of thioether (sulfide) groups is 1. The first-order chi connectivity index (χ1) is 9.75. The third-order valence-corrected chi connectivity index (χ3v) is 5.44. The Kier molecular flexibility index (Phi) is 4.05. The van der Waals surface area contributed by atoms with Crippen LogP contribution in [-0.4, -0.2) is 48.0 Å². The molecule has 2 heterocycles. The molecule has 3 rings (SSSR count). The van der Waals surface area contributed by atoms with Gasteiger partial charge < -0.3 is 15.5 Å². The lowest BCUT2D eigenvalue weighted by atomic mass is 10.2. The Balaban J connectivity index is 1.59. The van der Waals surface area contributed by atoms with Crippen LogP contribution in [0.2, 0.25) is 0 Å². The van der Waals surface area contributed by atoms with E-state index in [4.69, 9.17) is 5.73 Å². The zero-order valence-corrected chi connectivity index (χ0v) is 12.4. The molecule has 108 valence electrons. The minimum absolute atomic E-state index is 0.211. The number of rotatable bonds is 2. The standard InChI is InChI=1S/C15H21N3OS/c16-12-4-1-2-5-13(12)17-7-9-18(10-8-17)15(19)14-6-3-11-20-14/h1-2,4-5,14H,3,6-11,16H2. The van der Waals surface area contributed by atoms with Gasteiger partial charge in [-0.25, -0.2) is 0 Å². The van der Waals surface area contributed by atoms with Crippen LogP contribution in [0.1, 0.15) is 12.8 Å². The molecule has 5 heteroatoms. The average Bonchev–Trinajstić information content (AvgIpc) is 3.01. The Bertz CT molecular complexity index is 480. The first kappa shape index (κ1) is 13.6. The van der Waals surface area contributed by atoms with Crippen molar-refractivity contribution in [1.29, 1.82) is 0 Å². The van der Waals surface area contributed by atoms with Crippen LogP contribution in [0.25, 0.3) is 0 Å². The Hall–Kier alpha value is -1.36. The molecular formula is C15H21N3OS. The molecule has 1 aromatic rings. The number of para-hydroxylation sites is 2. The van der Waals surface area contributed by atoms with E-state index in [9.17, 15) is 4.79 Å². The van der Waals surface area contributed by atoms with Gasteiger partial charge in [0.25, 0.3) is 0 Å². The van der Waals surface area contributed by atoms with E-state index in [1.54, 1.807) is 0 Å². The van der Waals surface area contributed by atoms with Crippen molar-refractivity contribution in [3.05, 3.63) is 24.3 Å². The van der Waals surface area contributed by atoms with E-state index < -0.39 is 0 Å². The third-order valence-electron chi connectivity index (χ3n) is 4.07. The van der Waals surface area contributed by atoms with Crippen LogP contribution in [0.4, 0.5) is 11.4 Å². The number of carbonyl (C=O) groups excluding carboxylic acids is 1. The predicted octanol–water partition coefficient (Wildman–Crippen LogP) is 1.81. The maximum Gasteiger partial charge on any atom is 0.235 e. The summed E-state index contributed by atoms with van der Waals surface area (Å²) in [7, 11) is 0. The lowest BCUT2D eigenvalue weighted by molar-refractivity contribution is -0.130. The molecule has 0 aliphatic carbocycles. The summed E-state index contributed by atoms with van der Waals surface area (Å²) < 4.78 is 0. The number of amides is 1. The first-order valence-electron chi connectivity index (χ1n) is 7.25. The van der Waals surface area contributed by atoms with Gasteiger partial charge in [-0.3, -0.25) is 4.79 Å². The summed E-state index contributed by atoms with van der Waals surface area (Å²) in [5.41, 5.74) is 7.93. The van der Waals surface area contributed by atoms with Crippen molar-refractivity contribution in [1.82, 2.24) is 4.90 Å². The second-order valence-electron chi connectivity index (χ2n) is 5.37. The van der Waals surface area contributed by atoms with Gasteiger partial charge in [0.2, 0.25) is 5.91 Å². The van der Waals surface area contributed by atoms with E-state index >= 15 is 0 Å². The minimum atomic E-state index is 0.211. The number of hydrogen-bond acceptors (Lipinski definition) is 4. The molecule has 20 heavy (non-hydrogen) atoms. The fraction of sp³-hybridized carbons (Fsp3) is 0.533. The van der Waals surface area contributed by atoms with Gasteiger partial charge in [-0.05, 0) is 30.7 Å². The average molecular weight is 291 g/mol. The monoisotopic (exact) mass is 291 g/mol. The Morgan fingerprint density at radius 2 is 1.95 bits per heavy atom. The zero-order valence-electron chi connectivity index (χ0n) is 11.6. The number of hydrogen-bond donors (Lipinski definition) is 1. The highest BCUT2D eigenvalue weighted by atomic mass is 32.2. The van der Waals surface area contributed by atoms with Crippen LogP contribution in [-0.2, 0) is 4.79 Å². The molecule has 0 aromatic heterocycles. The van der Waals surface area contributed by atoms with Crippen molar-refractivity contribution in [2.75, 3.05) is 42.6 Å². The van der Waals surface area contributed by atoms with Gasteiger partial charge in [0.1, 0.15) is 0 Å². The molecule has 1 unspecified atom stereocenters. The van der Waals surface area contributed by atoms with Crippen molar-refractivity contribution >= 4 is 29.0 Å². The molecule has 1 amide bonds. The lowest BCUT2D eigenvalue weighted by Gasteiger charge is -2.37. The molecule has 2 aliphatic heterocycles. The maximum absolute atomic E-state index is 12.4. The van der Waals surface area contributed by atoms with Gasteiger partial charge in [0.15, 0.2) is 0 Å². The quantitative estimate of drug-likeness (QED) is 0.844. The molecule has 0 saturated carbocycles. The van der Waals surface area contributed by atoms with E-state index in [0.717, 1.165) is 49.7 Å². The van der Waals surface area contributed by atoms with Crippen molar-refractivity contribution in [3.63, 3.8) is 0 Å². The van der Waals surface area contributed by atoms with E-state index in [1.807, 2.05) is 34.9 Å². The van der Waals surface area contributed by atoms with E-state index in [0.29, 0.717) is 5.91 Å². The van der Waals surface area contributed by atoms with Crippen LogP contribution in [0.3, 0.4) is 0 Å². The molecule has 1 atom stereocenters. The molecule has 2 N–H and O–H groups in total. The van der Waals surface area contributed by atoms with Crippen molar-refractivity contribution in [2.45, 2.75) is 18.1 Å². The predicted molar refractivity (Wildman–Crippen MR) is 85.1 cm³/mol. The molecule has 0 bridgehead atoms. The number of carbonyl (C=O) groups is 1. The second-order valence-corrected chi connectivity index (χ2v) is 6.68. The molecule has 2 fully saturated rings. The molecule has 0 radical (unpaired) electrons. The highest BCUT2D eigenvalue weighted by molar-refractivity contribution is 8.00. The number of nitrogen functional groups attached to an aromatic ring is 1. The molecular weight excluding hydrogens is 270 g/mol. The lowest BCUT2D eigenvalue weighted by Crippen LogP contribution is -2.50. The molecule has 1 aromatic carbocycles. The molecule has 2 aliphatic rings. The van der Waals surface area contributed by atoms with E-state index in [-0.39, 0.29) is 5.25 Å². The highest BCUT2D eigenvalue weighted by Crippen LogP contribution is 2.29. The Morgan fingerprint density at radius 1 is 1.20 bits per heavy atom. The number of nitrogens with two attached hydrogens (primary N) is 1. The SMILES string of the molecule is Nc1ccccc1N1CCN(C(=O)C2CCCS2)CC1. The van der Waals surface area contributed by atoms with Crippen LogP contribution >= 0.6 is 11.8 Å². The first-order valence-corrected chi connectivity index (χ1v) is 8.30. The summed E-state index contributed by atoms with van der Waals surface area (Å²) in [6.07, 6.45) is 2.23. The minimum Gasteiger partial charge on any atom is -0.397 e. The topological polar surface area (TPSA) is 49.6 Å². The van der Waals surface area contributed by atoms with Crippen molar-refractivity contribution < 1.29 is 4.79 Å². The van der Waals surface area contributed by atoms with Crippen LogP contribution < -0.4 is 10.6 Å². The highest BCUT2D eigenvalue weighted by Gasteiger charge is 2.30. The van der Waals surface area contributed by atoms with Gasteiger partial charge >= 0.3 is 0 Å². The van der Waals surface area contributed by atoms with Crippen molar-refractivity contribution in [2.24, 2.45) is 0 Å². The van der Waals surface area contributed by atoms with E-state index in [1.165, 1.54) is 6.42 Å². The molecule has 0 spiro atoms. The summed E-state index contributed by atoms with van der Waals surface area (Å²) in [5, 5.41) is 0.211. The fourth-order valence-electron chi connectivity index (χ4n) is 2.92. The van der Waals surface area contributed by atoms with Gasteiger partial charge in [-0.2, -0.15) is 0 Å². The summed E-state index contributed by atoms with van der Waals surface area (Å²) >= 11 is 1.82.